The molecule has 21 heavy (non-hydrogen) atoms. The van der Waals surface area contributed by atoms with Crippen LogP contribution in [0.2, 0.25) is 0 Å². The van der Waals surface area contributed by atoms with Gasteiger partial charge < -0.3 is 10.8 Å². The third-order valence-electron chi connectivity index (χ3n) is 4.17. The van der Waals surface area contributed by atoms with Crippen molar-refractivity contribution >= 4 is 21.7 Å². The molecule has 1 aliphatic carbocycles. The molecule has 112 valence electrons. The van der Waals surface area contributed by atoms with E-state index in [0.29, 0.717) is 5.82 Å². The third-order valence-corrected chi connectivity index (χ3v) is 4.86. The zero-order chi connectivity index (χ0) is 14.8. The SMILES string of the molecule is Nc1cc(-c2ccccc2Br)nn1C1CCCCCC1O. The highest BCUT2D eigenvalue weighted by atomic mass is 79.9. The predicted molar refractivity (Wildman–Crippen MR) is 87.9 cm³/mol. The molecule has 1 aliphatic rings. The number of nitrogens with two attached hydrogens (primary N) is 1. The van der Waals surface area contributed by atoms with Crippen molar-refractivity contribution in [1.82, 2.24) is 9.78 Å². The van der Waals surface area contributed by atoms with E-state index in [0.717, 1.165) is 41.4 Å². The molecule has 0 bridgehead atoms. The first-order valence-electron chi connectivity index (χ1n) is 7.45. The fraction of sp³-hybridized carbons (Fsp3) is 0.438. The van der Waals surface area contributed by atoms with Crippen LogP contribution >= 0.6 is 15.9 Å². The number of hydrogen-bond acceptors (Lipinski definition) is 3. The first-order valence-corrected chi connectivity index (χ1v) is 8.24. The van der Waals surface area contributed by atoms with Crippen LogP contribution in [0, 0.1) is 0 Å². The molecule has 0 saturated heterocycles. The van der Waals surface area contributed by atoms with Crippen molar-refractivity contribution < 1.29 is 5.11 Å². The molecule has 1 fully saturated rings. The third kappa shape index (κ3) is 2.99. The Hall–Kier alpha value is -1.33. The van der Waals surface area contributed by atoms with E-state index in [9.17, 15) is 5.11 Å². The number of halogens is 1. The van der Waals surface area contributed by atoms with Crippen LogP contribution < -0.4 is 5.73 Å². The minimum absolute atomic E-state index is 0.0104. The molecular formula is C16H20BrN3O. The molecule has 2 aromatic rings. The lowest BCUT2D eigenvalue weighted by molar-refractivity contribution is 0.100. The van der Waals surface area contributed by atoms with Crippen molar-refractivity contribution in [3.05, 3.63) is 34.8 Å². The van der Waals surface area contributed by atoms with Crippen molar-refractivity contribution in [2.75, 3.05) is 5.73 Å². The van der Waals surface area contributed by atoms with Gasteiger partial charge in [-0.05, 0) is 18.9 Å². The zero-order valence-electron chi connectivity index (χ0n) is 11.9. The topological polar surface area (TPSA) is 64.1 Å². The largest absolute Gasteiger partial charge is 0.391 e. The maximum Gasteiger partial charge on any atom is 0.122 e. The van der Waals surface area contributed by atoms with E-state index in [1.165, 1.54) is 6.42 Å². The summed E-state index contributed by atoms with van der Waals surface area (Å²) in [5, 5.41) is 15.0. The normalized spacial score (nSPS) is 23.0. The Morgan fingerprint density at radius 1 is 1.19 bits per heavy atom. The van der Waals surface area contributed by atoms with Crippen LogP contribution in [0.5, 0.6) is 0 Å². The Labute approximate surface area is 133 Å². The summed E-state index contributed by atoms with van der Waals surface area (Å²) >= 11 is 3.55. The number of hydrogen-bond donors (Lipinski definition) is 2. The van der Waals surface area contributed by atoms with E-state index in [-0.39, 0.29) is 12.1 Å². The molecule has 1 aromatic heterocycles. The second-order valence-electron chi connectivity index (χ2n) is 5.65. The Balaban J connectivity index is 1.96. The molecular weight excluding hydrogens is 330 g/mol. The van der Waals surface area contributed by atoms with Gasteiger partial charge in [0.2, 0.25) is 0 Å². The van der Waals surface area contributed by atoms with Crippen LogP contribution in [0.1, 0.15) is 38.1 Å². The van der Waals surface area contributed by atoms with Crippen LogP contribution in [-0.4, -0.2) is 21.0 Å². The number of benzene rings is 1. The number of aromatic nitrogens is 2. The highest BCUT2D eigenvalue weighted by Crippen LogP contribution is 2.33. The summed E-state index contributed by atoms with van der Waals surface area (Å²) in [7, 11) is 0. The lowest BCUT2D eigenvalue weighted by atomic mass is 10.1. The highest BCUT2D eigenvalue weighted by Gasteiger charge is 2.26. The molecule has 1 heterocycles. The van der Waals surface area contributed by atoms with Gasteiger partial charge >= 0.3 is 0 Å². The van der Waals surface area contributed by atoms with Gasteiger partial charge in [0.1, 0.15) is 5.82 Å². The molecule has 0 radical (unpaired) electrons. The number of nitrogens with zero attached hydrogens (tertiary/aromatic N) is 2. The van der Waals surface area contributed by atoms with Gasteiger partial charge in [0, 0.05) is 16.1 Å². The maximum atomic E-state index is 10.3. The van der Waals surface area contributed by atoms with Gasteiger partial charge in [0.05, 0.1) is 17.8 Å². The van der Waals surface area contributed by atoms with Crippen LogP contribution in [0.4, 0.5) is 5.82 Å². The number of aliphatic hydroxyl groups excluding tert-OH is 1. The number of nitrogen functional groups attached to an aromatic ring is 1. The fourth-order valence-corrected chi connectivity index (χ4v) is 3.52. The van der Waals surface area contributed by atoms with Crippen molar-refractivity contribution in [2.24, 2.45) is 0 Å². The van der Waals surface area contributed by atoms with Gasteiger partial charge in [-0.3, -0.25) is 0 Å². The summed E-state index contributed by atoms with van der Waals surface area (Å²) < 4.78 is 2.81. The van der Waals surface area contributed by atoms with Crippen LogP contribution in [0.3, 0.4) is 0 Å². The van der Waals surface area contributed by atoms with Crippen molar-refractivity contribution in [3.8, 4) is 11.3 Å². The first-order chi connectivity index (χ1) is 10.2. The summed E-state index contributed by atoms with van der Waals surface area (Å²) in [6.45, 7) is 0. The fourth-order valence-electron chi connectivity index (χ4n) is 3.03. The van der Waals surface area contributed by atoms with Crippen molar-refractivity contribution in [1.29, 1.82) is 0 Å². The van der Waals surface area contributed by atoms with Crippen LogP contribution in [-0.2, 0) is 0 Å². The highest BCUT2D eigenvalue weighted by molar-refractivity contribution is 9.10. The molecule has 1 saturated carbocycles. The molecule has 2 unspecified atom stereocenters. The van der Waals surface area contributed by atoms with Crippen LogP contribution in [0.15, 0.2) is 34.8 Å². The monoisotopic (exact) mass is 349 g/mol. The summed E-state index contributed by atoms with van der Waals surface area (Å²) in [6, 6.07) is 9.84. The standard InChI is InChI=1S/C16H20BrN3O/c17-12-7-5-4-6-11(12)13-10-16(18)20(19-13)14-8-2-1-3-9-15(14)21/h4-7,10,14-15,21H,1-3,8-9,18H2. The van der Waals surface area contributed by atoms with Gasteiger partial charge in [-0.1, -0.05) is 53.4 Å². The summed E-state index contributed by atoms with van der Waals surface area (Å²) in [5.41, 5.74) is 8.01. The molecule has 3 N–H and O–H groups in total. The molecule has 1 aromatic carbocycles. The minimum Gasteiger partial charge on any atom is -0.391 e. The summed E-state index contributed by atoms with van der Waals surface area (Å²) in [5.74, 6) is 0.617. The molecule has 2 atom stereocenters. The molecule has 4 nitrogen and oxygen atoms in total. The second kappa shape index (κ2) is 6.20. The van der Waals surface area contributed by atoms with E-state index in [4.69, 9.17) is 5.73 Å². The summed E-state index contributed by atoms with van der Waals surface area (Å²) in [4.78, 5) is 0. The summed E-state index contributed by atoms with van der Waals surface area (Å²) in [6.07, 6.45) is 4.77. The molecule has 0 amide bonds. The van der Waals surface area contributed by atoms with Gasteiger partial charge in [0.15, 0.2) is 0 Å². The molecule has 3 rings (SSSR count). The number of aliphatic hydroxyl groups is 1. The quantitative estimate of drug-likeness (QED) is 0.811. The predicted octanol–water partition coefficient (Wildman–Crippen LogP) is 3.76. The lowest BCUT2D eigenvalue weighted by Gasteiger charge is -2.21. The second-order valence-corrected chi connectivity index (χ2v) is 6.51. The Bertz CT molecular complexity index is 626. The molecule has 0 spiro atoms. The van der Waals surface area contributed by atoms with E-state index >= 15 is 0 Å². The van der Waals surface area contributed by atoms with Crippen molar-refractivity contribution in [2.45, 2.75) is 44.2 Å². The van der Waals surface area contributed by atoms with E-state index in [2.05, 4.69) is 21.0 Å². The Morgan fingerprint density at radius 2 is 1.95 bits per heavy atom. The van der Waals surface area contributed by atoms with Gasteiger partial charge in [0.25, 0.3) is 0 Å². The van der Waals surface area contributed by atoms with Crippen LogP contribution in [0.25, 0.3) is 11.3 Å². The first kappa shape index (κ1) is 14.6. The average Bonchev–Trinajstić information content (AvgIpc) is 2.71. The van der Waals surface area contributed by atoms with E-state index < -0.39 is 0 Å². The van der Waals surface area contributed by atoms with Gasteiger partial charge in [-0.25, -0.2) is 4.68 Å². The zero-order valence-corrected chi connectivity index (χ0v) is 13.5. The van der Waals surface area contributed by atoms with E-state index in [1.807, 2.05) is 35.0 Å². The maximum absolute atomic E-state index is 10.3. The van der Waals surface area contributed by atoms with Crippen molar-refractivity contribution in [3.63, 3.8) is 0 Å². The number of anilines is 1. The molecule has 5 heteroatoms. The smallest absolute Gasteiger partial charge is 0.122 e. The minimum atomic E-state index is -0.359. The number of rotatable bonds is 2. The Kier molecular flexibility index (Phi) is 4.31. The average molecular weight is 350 g/mol. The van der Waals surface area contributed by atoms with Gasteiger partial charge in [-0.15, -0.1) is 0 Å². The van der Waals surface area contributed by atoms with Gasteiger partial charge in [-0.2, -0.15) is 5.10 Å². The lowest BCUT2D eigenvalue weighted by Crippen LogP contribution is -2.25. The Morgan fingerprint density at radius 3 is 2.76 bits per heavy atom. The van der Waals surface area contributed by atoms with E-state index in [1.54, 1.807) is 0 Å². The molecule has 0 aliphatic heterocycles.